The Balaban J connectivity index is 2.12. The molecule has 1 heterocycles. The highest BCUT2D eigenvalue weighted by molar-refractivity contribution is 5.94. The minimum atomic E-state index is -4.43. The minimum absolute atomic E-state index is 0.0697. The first-order chi connectivity index (χ1) is 8.41. The van der Waals surface area contributed by atoms with E-state index in [4.69, 9.17) is 5.73 Å². The summed E-state index contributed by atoms with van der Waals surface area (Å²) in [5.41, 5.74) is 4.70. The maximum Gasteiger partial charge on any atom is 0.416 e. The number of likely N-dealkylation sites (tertiary alicyclic amines) is 1. The number of halogens is 3. The fraction of sp³-hybridized carbons (Fsp3) is 0.417. The molecule has 0 spiro atoms. The molecule has 2 N–H and O–H groups in total. The highest BCUT2D eigenvalue weighted by Crippen LogP contribution is 2.30. The van der Waals surface area contributed by atoms with Crippen molar-refractivity contribution < 1.29 is 18.0 Å². The van der Waals surface area contributed by atoms with Crippen molar-refractivity contribution in [2.24, 2.45) is 11.7 Å². The second-order valence-electron chi connectivity index (χ2n) is 4.39. The van der Waals surface area contributed by atoms with Gasteiger partial charge in [-0.1, -0.05) is 6.07 Å². The second kappa shape index (κ2) is 4.61. The highest BCUT2D eigenvalue weighted by Gasteiger charge is 2.33. The highest BCUT2D eigenvalue weighted by atomic mass is 19.4. The van der Waals surface area contributed by atoms with Crippen LogP contribution in [0.1, 0.15) is 15.9 Å². The molecule has 0 bridgehead atoms. The van der Waals surface area contributed by atoms with Crippen molar-refractivity contribution in [3.05, 3.63) is 35.4 Å². The van der Waals surface area contributed by atoms with Gasteiger partial charge in [0.05, 0.1) is 5.56 Å². The van der Waals surface area contributed by atoms with Gasteiger partial charge in [0.15, 0.2) is 0 Å². The smallest absolute Gasteiger partial charge is 0.338 e. The van der Waals surface area contributed by atoms with Crippen LogP contribution in [0.3, 0.4) is 0 Å². The van der Waals surface area contributed by atoms with E-state index in [2.05, 4.69) is 0 Å². The topological polar surface area (TPSA) is 46.3 Å². The summed E-state index contributed by atoms with van der Waals surface area (Å²) in [7, 11) is 0. The number of carbonyl (C=O) groups is 1. The van der Waals surface area contributed by atoms with Crippen LogP contribution < -0.4 is 5.73 Å². The van der Waals surface area contributed by atoms with Crippen molar-refractivity contribution in [1.29, 1.82) is 0 Å². The average Bonchev–Trinajstić information content (AvgIpc) is 2.26. The van der Waals surface area contributed by atoms with Gasteiger partial charge in [0.1, 0.15) is 0 Å². The average molecular weight is 258 g/mol. The van der Waals surface area contributed by atoms with Gasteiger partial charge in [-0.05, 0) is 24.7 Å². The Bertz CT molecular complexity index is 453. The molecular formula is C12H13F3N2O. The molecule has 1 aromatic carbocycles. The number of nitrogens with zero attached hydrogens (tertiary/aromatic N) is 1. The first-order valence-corrected chi connectivity index (χ1v) is 5.58. The predicted molar refractivity (Wildman–Crippen MR) is 59.9 cm³/mol. The Morgan fingerprint density at radius 2 is 2.06 bits per heavy atom. The zero-order chi connectivity index (χ0) is 13.3. The molecule has 2 rings (SSSR count). The standard InChI is InChI=1S/C12H13F3N2O/c13-12(14,15)10-3-1-2-9(4-10)11(18)17-6-8(5-16)7-17/h1-4,8H,5-7,16H2. The van der Waals surface area contributed by atoms with Gasteiger partial charge in [-0.3, -0.25) is 4.79 Å². The summed E-state index contributed by atoms with van der Waals surface area (Å²) in [6.07, 6.45) is -4.43. The molecule has 3 nitrogen and oxygen atoms in total. The molecule has 0 unspecified atom stereocenters. The Morgan fingerprint density at radius 1 is 1.39 bits per heavy atom. The lowest BCUT2D eigenvalue weighted by atomic mass is 9.98. The van der Waals surface area contributed by atoms with Crippen molar-refractivity contribution >= 4 is 5.91 Å². The molecule has 6 heteroatoms. The molecule has 0 atom stereocenters. The molecule has 1 fully saturated rings. The summed E-state index contributed by atoms with van der Waals surface area (Å²) in [6.45, 7) is 1.53. The van der Waals surface area contributed by atoms with E-state index in [-0.39, 0.29) is 17.4 Å². The molecule has 0 aliphatic carbocycles. The van der Waals surface area contributed by atoms with Crippen molar-refractivity contribution in [2.45, 2.75) is 6.18 Å². The van der Waals surface area contributed by atoms with Gasteiger partial charge in [-0.25, -0.2) is 0 Å². The minimum Gasteiger partial charge on any atom is -0.338 e. The van der Waals surface area contributed by atoms with Crippen LogP contribution in [0, 0.1) is 5.92 Å². The molecule has 0 radical (unpaired) electrons. The third kappa shape index (κ3) is 2.48. The number of rotatable bonds is 2. The summed E-state index contributed by atoms with van der Waals surface area (Å²) in [5, 5.41) is 0. The molecule has 18 heavy (non-hydrogen) atoms. The summed E-state index contributed by atoms with van der Waals surface area (Å²) in [5.74, 6) is -0.106. The molecule has 98 valence electrons. The van der Waals surface area contributed by atoms with E-state index in [0.717, 1.165) is 12.1 Å². The normalized spacial score (nSPS) is 16.6. The van der Waals surface area contributed by atoms with E-state index in [9.17, 15) is 18.0 Å². The summed E-state index contributed by atoms with van der Waals surface area (Å²) in [6, 6.07) is 4.48. The number of alkyl halides is 3. The lowest BCUT2D eigenvalue weighted by Gasteiger charge is -2.38. The number of hydrogen-bond acceptors (Lipinski definition) is 2. The van der Waals surface area contributed by atoms with Gasteiger partial charge in [-0.15, -0.1) is 0 Å². The van der Waals surface area contributed by atoms with Gasteiger partial charge >= 0.3 is 6.18 Å². The number of nitrogens with two attached hydrogens (primary N) is 1. The van der Waals surface area contributed by atoms with Gasteiger partial charge < -0.3 is 10.6 Å². The van der Waals surface area contributed by atoms with Crippen molar-refractivity contribution in [1.82, 2.24) is 4.90 Å². The van der Waals surface area contributed by atoms with Crippen molar-refractivity contribution in [3.63, 3.8) is 0 Å². The zero-order valence-electron chi connectivity index (χ0n) is 9.57. The lowest BCUT2D eigenvalue weighted by molar-refractivity contribution is -0.137. The first-order valence-electron chi connectivity index (χ1n) is 5.58. The third-order valence-electron chi connectivity index (χ3n) is 3.01. The molecule has 1 saturated heterocycles. The van der Waals surface area contributed by atoms with Crippen LogP contribution in [0.25, 0.3) is 0 Å². The van der Waals surface area contributed by atoms with Crippen LogP contribution in [0.15, 0.2) is 24.3 Å². The molecule has 1 aliphatic heterocycles. The third-order valence-corrected chi connectivity index (χ3v) is 3.01. The predicted octanol–water partition coefficient (Wildman–Crippen LogP) is 1.74. The fourth-order valence-electron chi connectivity index (χ4n) is 1.90. The van der Waals surface area contributed by atoms with E-state index < -0.39 is 11.7 Å². The van der Waals surface area contributed by atoms with E-state index in [1.807, 2.05) is 0 Å². The number of carbonyl (C=O) groups excluding carboxylic acids is 1. The number of benzene rings is 1. The van der Waals surface area contributed by atoms with E-state index in [0.29, 0.717) is 19.6 Å². The van der Waals surface area contributed by atoms with Gasteiger partial charge in [0.25, 0.3) is 5.91 Å². The fourth-order valence-corrected chi connectivity index (χ4v) is 1.90. The maximum atomic E-state index is 12.5. The lowest BCUT2D eigenvalue weighted by Crippen LogP contribution is -2.52. The molecular weight excluding hydrogens is 245 g/mol. The second-order valence-corrected chi connectivity index (χ2v) is 4.39. The largest absolute Gasteiger partial charge is 0.416 e. The molecule has 0 aromatic heterocycles. The SMILES string of the molecule is NCC1CN(C(=O)c2cccc(C(F)(F)F)c2)C1. The van der Waals surface area contributed by atoms with E-state index in [1.165, 1.54) is 17.0 Å². The first kappa shape index (κ1) is 12.9. The van der Waals surface area contributed by atoms with Crippen LogP contribution in [0.4, 0.5) is 13.2 Å². The van der Waals surface area contributed by atoms with Crippen LogP contribution >= 0.6 is 0 Å². The molecule has 1 aliphatic rings. The van der Waals surface area contributed by atoms with Crippen LogP contribution in [0.5, 0.6) is 0 Å². The number of amides is 1. The zero-order valence-corrected chi connectivity index (χ0v) is 9.57. The maximum absolute atomic E-state index is 12.5. The summed E-state index contributed by atoms with van der Waals surface area (Å²) >= 11 is 0. The molecule has 1 aromatic rings. The quantitative estimate of drug-likeness (QED) is 0.878. The van der Waals surface area contributed by atoms with E-state index in [1.54, 1.807) is 0 Å². The Morgan fingerprint density at radius 3 is 2.61 bits per heavy atom. The van der Waals surface area contributed by atoms with Crippen LogP contribution in [0.2, 0.25) is 0 Å². The Labute approximate surface area is 102 Å². The Hall–Kier alpha value is -1.56. The van der Waals surface area contributed by atoms with Crippen LogP contribution in [-0.4, -0.2) is 30.4 Å². The number of hydrogen-bond donors (Lipinski definition) is 1. The van der Waals surface area contributed by atoms with Crippen molar-refractivity contribution in [2.75, 3.05) is 19.6 Å². The van der Waals surface area contributed by atoms with Crippen molar-refractivity contribution in [3.8, 4) is 0 Å². The summed E-state index contributed by atoms with van der Waals surface area (Å²) < 4.78 is 37.5. The van der Waals surface area contributed by atoms with Crippen LogP contribution in [-0.2, 0) is 6.18 Å². The van der Waals surface area contributed by atoms with Gasteiger partial charge in [-0.2, -0.15) is 13.2 Å². The monoisotopic (exact) mass is 258 g/mol. The summed E-state index contributed by atoms with van der Waals surface area (Å²) in [4.78, 5) is 13.4. The Kier molecular flexibility index (Phi) is 3.30. The van der Waals surface area contributed by atoms with Gasteiger partial charge in [0, 0.05) is 24.6 Å². The molecule has 1 amide bonds. The molecule has 0 saturated carbocycles. The van der Waals surface area contributed by atoms with Gasteiger partial charge in [0.2, 0.25) is 0 Å². The van der Waals surface area contributed by atoms with E-state index >= 15 is 0 Å².